The lowest BCUT2D eigenvalue weighted by molar-refractivity contribution is -0.384. The van der Waals surface area contributed by atoms with Gasteiger partial charge in [0.15, 0.2) is 0 Å². The van der Waals surface area contributed by atoms with Gasteiger partial charge < -0.3 is 9.51 Å². The summed E-state index contributed by atoms with van der Waals surface area (Å²) in [6.07, 6.45) is 1.33. The second-order valence-electron chi connectivity index (χ2n) is 5.30. The summed E-state index contributed by atoms with van der Waals surface area (Å²) in [5.74, 6) is 0.366. The van der Waals surface area contributed by atoms with Gasteiger partial charge in [0.1, 0.15) is 4.83 Å². The predicted molar refractivity (Wildman–Crippen MR) is 90.4 cm³/mol. The summed E-state index contributed by atoms with van der Waals surface area (Å²) in [6.45, 7) is 1.75. The van der Waals surface area contributed by atoms with Crippen molar-refractivity contribution < 1.29 is 9.45 Å². The first-order valence-corrected chi connectivity index (χ1v) is 7.96. The van der Waals surface area contributed by atoms with Crippen LogP contribution in [0.1, 0.15) is 5.56 Å². The van der Waals surface area contributed by atoms with Gasteiger partial charge in [0.05, 0.1) is 22.2 Å². The number of fused-ring (bicyclic) bond motifs is 1. The quantitative estimate of drug-likeness (QED) is 0.442. The van der Waals surface area contributed by atoms with Crippen LogP contribution in [0.4, 0.5) is 5.69 Å². The van der Waals surface area contributed by atoms with Crippen molar-refractivity contribution in [2.75, 3.05) is 0 Å². The van der Waals surface area contributed by atoms with Gasteiger partial charge in [-0.1, -0.05) is 5.16 Å². The normalized spacial score (nSPS) is 11.1. The fraction of sp³-hybridized carbons (Fsp3) is 0.0667. The number of hydrogen-bond acceptors (Lipinski definition) is 8. The van der Waals surface area contributed by atoms with Crippen molar-refractivity contribution in [3.63, 3.8) is 0 Å². The maximum Gasteiger partial charge on any atom is 0.270 e. The first-order chi connectivity index (χ1) is 12.0. The Kier molecular flexibility index (Phi) is 3.39. The summed E-state index contributed by atoms with van der Waals surface area (Å²) in [7, 11) is 0. The van der Waals surface area contributed by atoms with Crippen molar-refractivity contribution >= 4 is 27.2 Å². The molecule has 10 heteroatoms. The number of nitro groups is 1. The zero-order valence-corrected chi connectivity index (χ0v) is 13.5. The lowest BCUT2D eigenvalue weighted by Gasteiger charge is -1.98. The monoisotopic (exact) mass is 355 g/mol. The maximum atomic E-state index is 12.0. The number of benzene rings is 1. The van der Waals surface area contributed by atoms with Gasteiger partial charge >= 0.3 is 0 Å². The van der Waals surface area contributed by atoms with Crippen LogP contribution < -0.4 is 5.56 Å². The molecule has 0 aliphatic carbocycles. The Morgan fingerprint density at radius 1 is 1.32 bits per heavy atom. The number of H-pyrrole nitrogens is 1. The van der Waals surface area contributed by atoms with E-state index in [-0.39, 0.29) is 23.0 Å². The summed E-state index contributed by atoms with van der Waals surface area (Å²) in [5.41, 5.74) is 1.30. The Balaban J connectivity index is 1.83. The number of nitrogens with zero attached hydrogens (tertiary/aromatic N) is 4. The number of hydrogen-bond donors (Lipinski definition) is 1. The molecule has 0 atom stereocenters. The van der Waals surface area contributed by atoms with Gasteiger partial charge in [-0.2, -0.15) is 4.98 Å². The molecule has 4 aromatic rings. The standard InChI is InChI=1S/C15H9N5O4S/c1-7-2-8(4-9(3-7)20(22)23)12-18-14(24-19-12)10-5-25-15-11(10)13(21)16-6-17-15/h2-6H,1H3,(H,16,17,21). The highest BCUT2D eigenvalue weighted by Crippen LogP contribution is 2.31. The van der Waals surface area contributed by atoms with Crippen molar-refractivity contribution in [3.8, 4) is 22.8 Å². The van der Waals surface area contributed by atoms with E-state index in [1.807, 2.05) is 0 Å². The highest BCUT2D eigenvalue weighted by Gasteiger charge is 2.19. The molecule has 0 aliphatic rings. The van der Waals surface area contributed by atoms with E-state index >= 15 is 0 Å². The highest BCUT2D eigenvalue weighted by molar-refractivity contribution is 7.17. The van der Waals surface area contributed by atoms with E-state index in [0.717, 1.165) is 0 Å². The number of aryl methyl sites for hydroxylation is 1. The molecule has 3 heterocycles. The number of aromatic amines is 1. The first-order valence-electron chi connectivity index (χ1n) is 7.08. The lowest BCUT2D eigenvalue weighted by Crippen LogP contribution is -2.05. The van der Waals surface area contributed by atoms with E-state index in [2.05, 4.69) is 20.1 Å². The van der Waals surface area contributed by atoms with Crippen molar-refractivity contribution in [1.82, 2.24) is 20.1 Å². The zero-order valence-electron chi connectivity index (χ0n) is 12.7. The topological polar surface area (TPSA) is 128 Å². The van der Waals surface area contributed by atoms with Crippen LogP contribution in [-0.2, 0) is 0 Å². The van der Waals surface area contributed by atoms with Gasteiger partial charge in [-0.15, -0.1) is 11.3 Å². The SMILES string of the molecule is Cc1cc(-c2noc(-c3csc4nc[nH]c(=O)c34)n2)cc([N+](=O)[O-])c1. The van der Waals surface area contributed by atoms with E-state index < -0.39 is 4.92 Å². The molecule has 0 aliphatic heterocycles. The van der Waals surface area contributed by atoms with Crippen LogP contribution in [0, 0.1) is 17.0 Å². The lowest BCUT2D eigenvalue weighted by atomic mass is 10.1. The number of thiophene rings is 1. The van der Waals surface area contributed by atoms with Gasteiger partial charge in [-0.05, 0) is 18.6 Å². The minimum absolute atomic E-state index is 0.0528. The summed E-state index contributed by atoms with van der Waals surface area (Å²) in [4.78, 5) is 34.0. The summed E-state index contributed by atoms with van der Waals surface area (Å²) in [6, 6.07) is 4.56. The molecule has 0 saturated carbocycles. The van der Waals surface area contributed by atoms with E-state index in [9.17, 15) is 14.9 Å². The van der Waals surface area contributed by atoms with Crippen LogP contribution in [0.15, 0.2) is 39.2 Å². The Bertz CT molecular complexity index is 1180. The molecular formula is C15H9N5O4S. The van der Waals surface area contributed by atoms with Crippen molar-refractivity contribution in [3.05, 3.63) is 55.9 Å². The summed E-state index contributed by atoms with van der Waals surface area (Å²) >= 11 is 1.29. The third-order valence-electron chi connectivity index (χ3n) is 3.56. The number of aromatic nitrogens is 4. The summed E-state index contributed by atoms with van der Waals surface area (Å²) in [5, 5.41) is 17.0. The Labute approximate surface area is 143 Å². The van der Waals surface area contributed by atoms with Crippen molar-refractivity contribution in [1.29, 1.82) is 0 Å². The molecule has 0 saturated heterocycles. The first kappa shape index (κ1) is 15.1. The molecule has 0 spiro atoms. The number of rotatable bonds is 3. The molecule has 0 radical (unpaired) electrons. The van der Waals surface area contributed by atoms with E-state index in [4.69, 9.17) is 4.52 Å². The molecule has 3 aromatic heterocycles. The Morgan fingerprint density at radius 3 is 2.96 bits per heavy atom. The largest absolute Gasteiger partial charge is 0.334 e. The Hall–Kier alpha value is -3.40. The van der Waals surface area contributed by atoms with Crippen LogP contribution in [0.5, 0.6) is 0 Å². The molecule has 0 fully saturated rings. The number of non-ortho nitro benzene ring substituents is 1. The minimum atomic E-state index is -0.477. The molecule has 0 amide bonds. The molecule has 9 nitrogen and oxygen atoms in total. The maximum absolute atomic E-state index is 12.0. The molecule has 0 unspecified atom stereocenters. The zero-order chi connectivity index (χ0) is 17.6. The van der Waals surface area contributed by atoms with Gasteiger partial charge in [0, 0.05) is 23.1 Å². The van der Waals surface area contributed by atoms with Gasteiger partial charge in [-0.3, -0.25) is 14.9 Å². The van der Waals surface area contributed by atoms with Gasteiger partial charge in [0.2, 0.25) is 5.82 Å². The molecular weight excluding hydrogens is 346 g/mol. The van der Waals surface area contributed by atoms with E-state index in [1.165, 1.54) is 29.8 Å². The molecule has 1 aromatic carbocycles. The van der Waals surface area contributed by atoms with Crippen LogP contribution in [-0.4, -0.2) is 25.0 Å². The third-order valence-corrected chi connectivity index (χ3v) is 4.45. The van der Waals surface area contributed by atoms with Crippen LogP contribution in [0.2, 0.25) is 0 Å². The highest BCUT2D eigenvalue weighted by atomic mass is 32.1. The molecule has 25 heavy (non-hydrogen) atoms. The fourth-order valence-corrected chi connectivity index (χ4v) is 3.37. The van der Waals surface area contributed by atoms with Gasteiger partial charge in [0.25, 0.3) is 17.1 Å². The molecule has 0 bridgehead atoms. The Morgan fingerprint density at radius 2 is 2.16 bits per heavy atom. The molecule has 4 rings (SSSR count). The smallest absolute Gasteiger partial charge is 0.270 e. The van der Waals surface area contributed by atoms with Crippen molar-refractivity contribution in [2.24, 2.45) is 0 Å². The second kappa shape index (κ2) is 5.60. The van der Waals surface area contributed by atoms with Gasteiger partial charge in [-0.25, -0.2) is 4.98 Å². The fourth-order valence-electron chi connectivity index (χ4n) is 2.49. The average molecular weight is 355 g/mol. The van der Waals surface area contributed by atoms with Crippen LogP contribution in [0.3, 0.4) is 0 Å². The van der Waals surface area contributed by atoms with E-state index in [1.54, 1.807) is 18.4 Å². The second-order valence-corrected chi connectivity index (χ2v) is 6.16. The van der Waals surface area contributed by atoms with E-state index in [0.29, 0.717) is 26.9 Å². The third kappa shape index (κ3) is 2.58. The van der Waals surface area contributed by atoms with Crippen LogP contribution in [0.25, 0.3) is 33.1 Å². The van der Waals surface area contributed by atoms with Crippen LogP contribution >= 0.6 is 11.3 Å². The molecule has 1 N–H and O–H groups in total. The number of nitrogens with one attached hydrogen (secondary N) is 1. The average Bonchev–Trinajstić information content (AvgIpc) is 3.21. The predicted octanol–water partition coefficient (Wildman–Crippen LogP) is 2.92. The van der Waals surface area contributed by atoms with Crippen molar-refractivity contribution in [2.45, 2.75) is 6.92 Å². The molecule has 124 valence electrons. The summed E-state index contributed by atoms with van der Waals surface area (Å²) < 4.78 is 5.26. The number of nitro benzene ring substituents is 1. The minimum Gasteiger partial charge on any atom is -0.334 e.